The second-order valence-corrected chi connectivity index (χ2v) is 11.0. The number of rotatable bonds is 9. The van der Waals surface area contributed by atoms with Gasteiger partial charge in [0.1, 0.15) is 0 Å². The van der Waals surface area contributed by atoms with E-state index in [1.54, 1.807) is 30.3 Å². The highest BCUT2D eigenvalue weighted by Gasteiger charge is 2.27. The third-order valence-corrected chi connectivity index (χ3v) is 7.98. The molecule has 0 aliphatic carbocycles. The maximum absolute atomic E-state index is 13.3. The van der Waals surface area contributed by atoms with E-state index in [9.17, 15) is 13.2 Å². The normalized spacial score (nSPS) is 11.8. The first kappa shape index (κ1) is 26.4. The van der Waals surface area contributed by atoms with Crippen LogP contribution >= 0.6 is 39.1 Å². The summed E-state index contributed by atoms with van der Waals surface area (Å²) >= 11 is 15.4. The maximum atomic E-state index is 13.3. The molecule has 0 atom stereocenters. The van der Waals surface area contributed by atoms with Gasteiger partial charge in [0, 0.05) is 11.0 Å². The van der Waals surface area contributed by atoms with Gasteiger partial charge in [0.05, 0.1) is 27.7 Å². The van der Waals surface area contributed by atoms with Crippen LogP contribution in [-0.4, -0.2) is 31.4 Å². The van der Waals surface area contributed by atoms with Crippen LogP contribution in [0, 0.1) is 0 Å². The Balaban J connectivity index is 1.79. The first-order valence-electron chi connectivity index (χ1n) is 10.3. The van der Waals surface area contributed by atoms with Gasteiger partial charge < -0.3 is 0 Å². The third-order valence-electron chi connectivity index (χ3n) is 4.91. The molecule has 0 fully saturated rings. The molecule has 0 aromatic heterocycles. The lowest BCUT2D eigenvalue weighted by Crippen LogP contribution is -2.39. The fraction of sp³-hybridized carbons (Fsp3) is 0.167. The molecule has 10 heteroatoms. The monoisotopic (exact) mass is 581 g/mol. The van der Waals surface area contributed by atoms with Crippen molar-refractivity contribution in [1.82, 2.24) is 9.73 Å². The Morgan fingerprint density at radius 3 is 2.26 bits per heavy atom. The van der Waals surface area contributed by atoms with Gasteiger partial charge in [-0.3, -0.25) is 4.79 Å². The number of carbonyl (C=O) groups excluding carboxylic acids is 1. The molecule has 0 radical (unpaired) electrons. The largest absolute Gasteiger partial charge is 0.272 e. The van der Waals surface area contributed by atoms with E-state index in [4.69, 9.17) is 23.2 Å². The van der Waals surface area contributed by atoms with Crippen molar-refractivity contribution in [2.24, 2.45) is 5.10 Å². The fourth-order valence-electron chi connectivity index (χ4n) is 3.04. The summed E-state index contributed by atoms with van der Waals surface area (Å²) in [5.74, 6) is -0.581. The molecule has 3 rings (SSSR count). The van der Waals surface area contributed by atoms with E-state index in [1.165, 1.54) is 23.9 Å². The van der Waals surface area contributed by atoms with Gasteiger partial charge in [-0.05, 0) is 59.5 Å². The van der Waals surface area contributed by atoms with Gasteiger partial charge in [-0.15, -0.1) is 0 Å². The zero-order valence-corrected chi connectivity index (χ0v) is 22.1. The fourth-order valence-corrected chi connectivity index (χ4v) is 5.01. The number of hydrazone groups is 1. The van der Waals surface area contributed by atoms with E-state index in [1.807, 2.05) is 24.3 Å². The second kappa shape index (κ2) is 12.0. The predicted molar refractivity (Wildman–Crippen MR) is 140 cm³/mol. The van der Waals surface area contributed by atoms with Crippen LogP contribution in [0.15, 0.2) is 81.2 Å². The number of benzene rings is 3. The van der Waals surface area contributed by atoms with Crippen molar-refractivity contribution >= 4 is 61.3 Å². The lowest BCUT2D eigenvalue weighted by Gasteiger charge is -2.22. The summed E-state index contributed by atoms with van der Waals surface area (Å²) in [4.78, 5) is 12.7. The minimum atomic E-state index is -4.00. The quantitative estimate of drug-likeness (QED) is 0.261. The molecule has 3 aromatic carbocycles. The van der Waals surface area contributed by atoms with Gasteiger partial charge >= 0.3 is 0 Å². The van der Waals surface area contributed by atoms with Crippen LogP contribution in [0.5, 0.6) is 0 Å². The summed E-state index contributed by atoms with van der Waals surface area (Å²) in [6, 6.07) is 18.7. The standard InChI is InChI=1S/C24H22BrCl2N3O3S/c1-2-17-3-5-18(6-4-17)14-28-29-24(31)16-30(15-19-7-12-22(26)23(27)13-19)34(32,33)21-10-8-20(25)9-11-21/h3-14H,2,15-16H2,1H3,(H,29,31)/b28-14+. The predicted octanol–water partition coefficient (Wildman–Crippen LogP) is 5.66. The first-order valence-corrected chi connectivity index (χ1v) is 13.3. The van der Waals surface area contributed by atoms with E-state index in [-0.39, 0.29) is 11.4 Å². The minimum absolute atomic E-state index is 0.0584. The van der Waals surface area contributed by atoms with Gasteiger partial charge in [0.15, 0.2) is 0 Å². The van der Waals surface area contributed by atoms with E-state index in [0.717, 1.165) is 20.8 Å². The Morgan fingerprint density at radius 2 is 1.65 bits per heavy atom. The second-order valence-electron chi connectivity index (χ2n) is 7.36. The van der Waals surface area contributed by atoms with Crippen LogP contribution in [-0.2, 0) is 27.8 Å². The first-order chi connectivity index (χ1) is 16.2. The van der Waals surface area contributed by atoms with Crippen molar-refractivity contribution in [3.8, 4) is 0 Å². The number of halogens is 3. The molecule has 0 bridgehead atoms. The highest BCUT2D eigenvalue weighted by Crippen LogP contribution is 2.25. The highest BCUT2D eigenvalue weighted by molar-refractivity contribution is 9.10. The van der Waals surface area contributed by atoms with Gasteiger partial charge in [0.25, 0.3) is 5.91 Å². The molecule has 178 valence electrons. The molecule has 1 N–H and O–H groups in total. The number of hydrogen-bond donors (Lipinski definition) is 1. The van der Waals surface area contributed by atoms with Crippen LogP contribution in [0.3, 0.4) is 0 Å². The van der Waals surface area contributed by atoms with Crippen molar-refractivity contribution in [3.63, 3.8) is 0 Å². The van der Waals surface area contributed by atoms with Crippen molar-refractivity contribution in [2.45, 2.75) is 24.8 Å². The summed E-state index contributed by atoms with van der Waals surface area (Å²) in [6.07, 6.45) is 2.43. The summed E-state index contributed by atoms with van der Waals surface area (Å²) < 4.78 is 28.5. The van der Waals surface area contributed by atoms with Crippen LogP contribution in [0.2, 0.25) is 10.0 Å². The molecule has 1 amide bonds. The molecule has 0 saturated carbocycles. The van der Waals surface area contributed by atoms with Gasteiger partial charge in [0.2, 0.25) is 10.0 Å². The highest BCUT2D eigenvalue weighted by atomic mass is 79.9. The van der Waals surface area contributed by atoms with E-state index in [0.29, 0.717) is 15.6 Å². The summed E-state index contributed by atoms with van der Waals surface area (Å²) in [5.41, 5.74) is 4.99. The molecule has 0 spiro atoms. The lowest BCUT2D eigenvalue weighted by atomic mass is 10.1. The van der Waals surface area contributed by atoms with Crippen molar-refractivity contribution in [1.29, 1.82) is 0 Å². The molecule has 0 unspecified atom stereocenters. The molecule has 3 aromatic rings. The average Bonchev–Trinajstić information content (AvgIpc) is 2.81. The molecule has 0 heterocycles. The molecule has 0 aliphatic rings. The van der Waals surface area contributed by atoms with Crippen molar-refractivity contribution in [3.05, 3.63) is 97.9 Å². The number of sulfonamides is 1. The number of nitrogens with one attached hydrogen (secondary N) is 1. The Labute approximate surface area is 217 Å². The molecule has 0 aliphatic heterocycles. The number of carbonyl (C=O) groups is 1. The number of nitrogens with zero attached hydrogens (tertiary/aromatic N) is 2. The number of amides is 1. The Bertz CT molecular complexity index is 1280. The van der Waals surface area contributed by atoms with Crippen LogP contribution in [0.25, 0.3) is 0 Å². The molecule has 0 saturated heterocycles. The van der Waals surface area contributed by atoms with Gasteiger partial charge in [-0.1, -0.05) is 76.4 Å². The average molecular weight is 583 g/mol. The van der Waals surface area contributed by atoms with Crippen LogP contribution in [0.1, 0.15) is 23.6 Å². The number of hydrogen-bond acceptors (Lipinski definition) is 4. The van der Waals surface area contributed by atoms with Crippen molar-refractivity contribution < 1.29 is 13.2 Å². The third kappa shape index (κ3) is 7.13. The molecular formula is C24H22BrCl2N3O3S. The van der Waals surface area contributed by atoms with Crippen LogP contribution < -0.4 is 5.43 Å². The van der Waals surface area contributed by atoms with Gasteiger partial charge in [-0.2, -0.15) is 9.41 Å². The SMILES string of the molecule is CCc1ccc(/C=N/NC(=O)CN(Cc2ccc(Cl)c(Cl)c2)S(=O)(=O)c2ccc(Br)cc2)cc1. The molecular weight excluding hydrogens is 561 g/mol. The Kier molecular flexibility index (Phi) is 9.27. The lowest BCUT2D eigenvalue weighted by molar-refractivity contribution is -0.121. The van der Waals surface area contributed by atoms with Crippen LogP contribution in [0.4, 0.5) is 0 Å². The van der Waals surface area contributed by atoms with Gasteiger partial charge in [-0.25, -0.2) is 13.8 Å². The Hall–Kier alpha value is -2.23. The smallest absolute Gasteiger partial charge is 0.255 e. The van der Waals surface area contributed by atoms with E-state index in [2.05, 4.69) is 33.4 Å². The summed E-state index contributed by atoms with van der Waals surface area (Å²) in [6.45, 7) is 1.55. The van der Waals surface area contributed by atoms with E-state index >= 15 is 0 Å². The zero-order valence-electron chi connectivity index (χ0n) is 18.2. The summed E-state index contributed by atoms with van der Waals surface area (Å²) in [5, 5.41) is 4.61. The zero-order chi connectivity index (χ0) is 24.7. The Morgan fingerprint density at radius 1 is 1.00 bits per heavy atom. The topological polar surface area (TPSA) is 78.8 Å². The minimum Gasteiger partial charge on any atom is -0.272 e. The van der Waals surface area contributed by atoms with Crippen molar-refractivity contribution in [2.75, 3.05) is 6.54 Å². The molecule has 6 nitrogen and oxygen atoms in total. The maximum Gasteiger partial charge on any atom is 0.255 e. The van der Waals surface area contributed by atoms with E-state index < -0.39 is 22.5 Å². The molecule has 34 heavy (non-hydrogen) atoms. The summed E-state index contributed by atoms with van der Waals surface area (Å²) in [7, 11) is -4.00. The number of aryl methyl sites for hydroxylation is 1.